The molecule has 0 saturated heterocycles. The van der Waals surface area contributed by atoms with E-state index in [-0.39, 0.29) is 5.91 Å². The molecule has 0 saturated carbocycles. The van der Waals surface area contributed by atoms with E-state index < -0.39 is 0 Å². The number of rotatable bonds is 3. The van der Waals surface area contributed by atoms with Crippen LogP contribution in [-0.2, 0) is 6.42 Å². The predicted molar refractivity (Wildman–Crippen MR) is 81.8 cm³/mol. The molecule has 3 rings (SSSR count). The number of imidazole rings is 1. The Kier molecular flexibility index (Phi) is 3.44. The summed E-state index contributed by atoms with van der Waals surface area (Å²) >= 11 is 0. The normalized spacial score (nSPS) is 10.8. The fraction of sp³-hybridized carbons (Fsp3) is 0.176. The summed E-state index contributed by atoms with van der Waals surface area (Å²) in [6.45, 7) is 1.85. The minimum atomic E-state index is 0.0198. The van der Waals surface area contributed by atoms with Gasteiger partial charge in [0.2, 0.25) is 5.91 Å². The highest BCUT2D eigenvalue weighted by Crippen LogP contribution is 2.17. The van der Waals surface area contributed by atoms with Crippen LogP contribution in [0, 0.1) is 6.92 Å². The summed E-state index contributed by atoms with van der Waals surface area (Å²) in [6, 6.07) is 15.2. The summed E-state index contributed by atoms with van der Waals surface area (Å²) in [4.78, 5) is 17.0. The largest absolute Gasteiger partial charge is 0.497 e. The molecule has 0 atom stereocenters. The molecule has 1 aromatic heterocycles. The van der Waals surface area contributed by atoms with Crippen molar-refractivity contribution in [2.75, 3.05) is 7.11 Å². The fourth-order valence-corrected chi connectivity index (χ4v) is 2.46. The molecule has 4 nitrogen and oxygen atoms in total. The highest BCUT2D eigenvalue weighted by molar-refractivity contribution is 5.92. The second-order valence-electron chi connectivity index (χ2n) is 4.90. The van der Waals surface area contributed by atoms with Gasteiger partial charge in [0.25, 0.3) is 0 Å². The molecule has 4 heteroatoms. The smallest absolute Gasteiger partial charge is 0.236 e. The van der Waals surface area contributed by atoms with Gasteiger partial charge in [0.15, 0.2) is 0 Å². The molecule has 106 valence electrons. The lowest BCUT2D eigenvalue weighted by Crippen LogP contribution is -2.14. The Bertz CT molecular complexity index is 788. The lowest BCUT2D eigenvalue weighted by atomic mass is 10.1. The van der Waals surface area contributed by atoms with E-state index in [9.17, 15) is 4.79 Å². The standard InChI is InChI=1S/C17H16N2O2/c1-12-18-15-5-3-4-6-16(15)19(12)17(20)11-13-7-9-14(21-2)10-8-13/h3-10H,11H2,1-2H3. The van der Waals surface area contributed by atoms with Gasteiger partial charge in [-0.1, -0.05) is 24.3 Å². The number of para-hydroxylation sites is 2. The molecule has 0 spiro atoms. The van der Waals surface area contributed by atoms with Crippen molar-refractivity contribution in [3.63, 3.8) is 0 Å². The average molecular weight is 280 g/mol. The van der Waals surface area contributed by atoms with E-state index in [1.807, 2.05) is 55.5 Å². The molecule has 0 radical (unpaired) electrons. The Morgan fingerprint density at radius 1 is 1.14 bits per heavy atom. The quantitative estimate of drug-likeness (QED) is 0.740. The maximum absolute atomic E-state index is 12.6. The third-order valence-corrected chi connectivity index (χ3v) is 3.49. The molecule has 0 amide bonds. The average Bonchev–Trinajstić information content (AvgIpc) is 2.83. The number of methoxy groups -OCH3 is 1. The first-order chi connectivity index (χ1) is 10.2. The van der Waals surface area contributed by atoms with Gasteiger partial charge >= 0.3 is 0 Å². The van der Waals surface area contributed by atoms with Crippen LogP contribution in [0.4, 0.5) is 0 Å². The Balaban J connectivity index is 1.91. The van der Waals surface area contributed by atoms with Crippen molar-refractivity contribution in [3.8, 4) is 5.75 Å². The number of hydrogen-bond acceptors (Lipinski definition) is 3. The van der Waals surface area contributed by atoms with Crippen LogP contribution < -0.4 is 4.74 Å². The molecule has 1 heterocycles. The molecule has 0 unspecified atom stereocenters. The van der Waals surface area contributed by atoms with Crippen molar-refractivity contribution in [2.24, 2.45) is 0 Å². The van der Waals surface area contributed by atoms with Gasteiger partial charge in [0.05, 0.1) is 24.6 Å². The molecule has 3 aromatic rings. The molecule has 0 aliphatic carbocycles. The lowest BCUT2D eigenvalue weighted by molar-refractivity contribution is 0.0916. The van der Waals surface area contributed by atoms with Crippen LogP contribution in [0.1, 0.15) is 16.2 Å². The van der Waals surface area contributed by atoms with Gasteiger partial charge in [-0.15, -0.1) is 0 Å². The number of carbonyl (C=O) groups is 1. The minimum Gasteiger partial charge on any atom is -0.497 e. The number of aromatic nitrogens is 2. The highest BCUT2D eigenvalue weighted by atomic mass is 16.5. The van der Waals surface area contributed by atoms with Gasteiger partial charge < -0.3 is 4.74 Å². The molecule has 2 aromatic carbocycles. The van der Waals surface area contributed by atoms with E-state index in [4.69, 9.17) is 4.74 Å². The van der Waals surface area contributed by atoms with E-state index in [1.165, 1.54) is 0 Å². The Hall–Kier alpha value is -2.62. The number of carbonyl (C=O) groups excluding carboxylic acids is 1. The van der Waals surface area contributed by atoms with Gasteiger partial charge in [-0.2, -0.15) is 0 Å². The zero-order valence-corrected chi connectivity index (χ0v) is 12.0. The number of nitrogens with zero attached hydrogens (tertiary/aromatic N) is 2. The SMILES string of the molecule is COc1ccc(CC(=O)n2c(C)nc3ccccc32)cc1. The van der Waals surface area contributed by atoms with Gasteiger partial charge in [-0.3, -0.25) is 9.36 Å². The molecule has 21 heavy (non-hydrogen) atoms. The first kappa shape index (κ1) is 13.4. The van der Waals surface area contributed by atoms with Crippen LogP contribution in [0.15, 0.2) is 48.5 Å². The molecular formula is C17H16N2O2. The lowest BCUT2D eigenvalue weighted by Gasteiger charge is -2.06. The maximum atomic E-state index is 12.6. The molecule has 0 N–H and O–H groups in total. The van der Waals surface area contributed by atoms with Gasteiger partial charge in [0.1, 0.15) is 11.6 Å². The van der Waals surface area contributed by atoms with Crippen LogP contribution in [0.25, 0.3) is 11.0 Å². The number of fused-ring (bicyclic) bond motifs is 1. The topological polar surface area (TPSA) is 44.1 Å². The number of hydrogen-bond donors (Lipinski definition) is 0. The maximum Gasteiger partial charge on any atom is 0.236 e. The highest BCUT2D eigenvalue weighted by Gasteiger charge is 2.14. The zero-order valence-electron chi connectivity index (χ0n) is 12.0. The van der Waals surface area contributed by atoms with Gasteiger partial charge in [-0.25, -0.2) is 4.98 Å². The van der Waals surface area contributed by atoms with E-state index in [0.717, 1.165) is 28.2 Å². The van der Waals surface area contributed by atoms with Gasteiger partial charge in [-0.05, 0) is 36.8 Å². The second-order valence-corrected chi connectivity index (χ2v) is 4.90. The third kappa shape index (κ3) is 2.52. The third-order valence-electron chi connectivity index (χ3n) is 3.49. The van der Waals surface area contributed by atoms with Crippen molar-refractivity contribution < 1.29 is 9.53 Å². The number of aryl methyl sites for hydroxylation is 1. The monoisotopic (exact) mass is 280 g/mol. The Labute approximate surface area is 123 Å². The minimum absolute atomic E-state index is 0.0198. The van der Waals surface area contributed by atoms with Crippen LogP contribution in [0.5, 0.6) is 5.75 Å². The van der Waals surface area contributed by atoms with E-state index in [2.05, 4.69) is 4.98 Å². The summed E-state index contributed by atoms with van der Waals surface area (Å²) in [5, 5.41) is 0. The second kappa shape index (κ2) is 5.40. The first-order valence-corrected chi connectivity index (χ1v) is 6.79. The number of ether oxygens (including phenoxy) is 1. The summed E-state index contributed by atoms with van der Waals surface area (Å²) in [5.41, 5.74) is 2.66. The van der Waals surface area contributed by atoms with E-state index >= 15 is 0 Å². The Morgan fingerprint density at radius 2 is 1.86 bits per heavy atom. The van der Waals surface area contributed by atoms with Crippen molar-refractivity contribution in [1.29, 1.82) is 0 Å². The van der Waals surface area contributed by atoms with Crippen molar-refractivity contribution in [2.45, 2.75) is 13.3 Å². The fourth-order valence-electron chi connectivity index (χ4n) is 2.46. The molecular weight excluding hydrogens is 264 g/mol. The molecule has 0 aliphatic heterocycles. The van der Waals surface area contributed by atoms with Crippen molar-refractivity contribution in [3.05, 3.63) is 59.9 Å². The van der Waals surface area contributed by atoms with Gasteiger partial charge in [0, 0.05) is 0 Å². The zero-order chi connectivity index (χ0) is 14.8. The van der Waals surface area contributed by atoms with Crippen LogP contribution >= 0.6 is 0 Å². The summed E-state index contributed by atoms with van der Waals surface area (Å²) < 4.78 is 6.80. The van der Waals surface area contributed by atoms with Crippen LogP contribution in [0.3, 0.4) is 0 Å². The predicted octanol–water partition coefficient (Wildman–Crippen LogP) is 3.24. The summed E-state index contributed by atoms with van der Waals surface area (Å²) in [5.74, 6) is 1.52. The van der Waals surface area contributed by atoms with Crippen LogP contribution in [0.2, 0.25) is 0 Å². The molecule has 0 aliphatic rings. The molecule has 0 bridgehead atoms. The first-order valence-electron chi connectivity index (χ1n) is 6.79. The van der Waals surface area contributed by atoms with Crippen LogP contribution in [-0.4, -0.2) is 22.6 Å². The summed E-state index contributed by atoms with van der Waals surface area (Å²) in [7, 11) is 1.63. The van der Waals surface area contributed by atoms with Crippen molar-refractivity contribution in [1.82, 2.24) is 9.55 Å². The number of benzene rings is 2. The molecule has 0 fully saturated rings. The summed E-state index contributed by atoms with van der Waals surface area (Å²) in [6.07, 6.45) is 0.338. The Morgan fingerprint density at radius 3 is 2.57 bits per heavy atom. The van der Waals surface area contributed by atoms with E-state index in [1.54, 1.807) is 11.7 Å². The van der Waals surface area contributed by atoms with Crippen molar-refractivity contribution >= 4 is 16.9 Å². The van der Waals surface area contributed by atoms with E-state index in [0.29, 0.717) is 6.42 Å².